The fourth-order valence-electron chi connectivity index (χ4n) is 3.90. The fraction of sp³-hybridized carbons (Fsp3) is 0.562. The Labute approximate surface area is 134 Å². The van der Waals surface area contributed by atoms with Crippen molar-refractivity contribution in [2.75, 3.05) is 33.2 Å². The minimum Gasteiger partial charge on any atom is -0.446 e. The number of likely N-dealkylation sites (N-methyl/N-ethyl adjacent to an activating group) is 1. The quantitative estimate of drug-likeness (QED) is 0.835. The average Bonchev–Trinajstić information content (AvgIpc) is 3.15. The molecule has 4 rings (SSSR count). The molecule has 7 heteroatoms. The highest BCUT2D eigenvalue weighted by Crippen LogP contribution is 2.48. The zero-order chi connectivity index (χ0) is 16.2. The van der Waals surface area contributed by atoms with E-state index in [1.165, 1.54) is 0 Å². The Morgan fingerprint density at radius 1 is 1.30 bits per heavy atom. The van der Waals surface area contributed by atoms with Crippen LogP contribution in [0.25, 0.3) is 0 Å². The SMILES string of the molecule is Cc1cc(C(=O)N2CC3(CN(C)CC3c3ncc(C)o3)C2)no1. The summed E-state index contributed by atoms with van der Waals surface area (Å²) in [6.07, 6.45) is 1.76. The molecule has 1 atom stereocenters. The van der Waals surface area contributed by atoms with Crippen molar-refractivity contribution in [3.8, 4) is 0 Å². The molecule has 2 fully saturated rings. The predicted molar refractivity (Wildman–Crippen MR) is 81.1 cm³/mol. The minimum atomic E-state index is -0.0654. The first-order chi connectivity index (χ1) is 11.0. The van der Waals surface area contributed by atoms with Crippen LogP contribution in [-0.4, -0.2) is 59.1 Å². The number of hydrogen-bond donors (Lipinski definition) is 0. The van der Waals surface area contributed by atoms with Crippen LogP contribution in [0.15, 0.2) is 21.2 Å². The molecule has 1 spiro atoms. The van der Waals surface area contributed by atoms with Crippen LogP contribution in [0.5, 0.6) is 0 Å². The molecule has 0 saturated carbocycles. The van der Waals surface area contributed by atoms with Gasteiger partial charge in [0.2, 0.25) is 0 Å². The number of carbonyl (C=O) groups is 1. The van der Waals surface area contributed by atoms with E-state index in [1.54, 1.807) is 19.2 Å². The molecule has 0 N–H and O–H groups in total. The molecule has 0 aliphatic carbocycles. The van der Waals surface area contributed by atoms with E-state index in [0.29, 0.717) is 24.5 Å². The van der Waals surface area contributed by atoms with Gasteiger partial charge in [0.1, 0.15) is 11.5 Å². The summed E-state index contributed by atoms with van der Waals surface area (Å²) >= 11 is 0. The van der Waals surface area contributed by atoms with E-state index >= 15 is 0 Å². The molecule has 2 aromatic rings. The maximum Gasteiger partial charge on any atom is 0.276 e. The monoisotopic (exact) mass is 316 g/mol. The zero-order valence-electron chi connectivity index (χ0n) is 13.6. The van der Waals surface area contributed by atoms with E-state index in [9.17, 15) is 4.79 Å². The van der Waals surface area contributed by atoms with Crippen LogP contribution in [-0.2, 0) is 0 Å². The normalized spacial score (nSPS) is 23.4. The molecule has 0 aromatic carbocycles. The Morgan fingerprint density at radius 3 is 2.70 bits per heavy atom. The first-order valence-corrected chi connectivity index (χ1v) is 7.80. The molecule has 4 heterocycles. The van der Waals surface area contributed by atoms with Crippen LogP contribution in [0.4, 0.5) is 0 Å². The van der Waals surface area contributed by atoms with Crippen molar-refractivity contribution in [1.29, 1.82) is 0 Å². The number of nitrogens with zero attached hydrogens (tertiary/aromatic N) is 4. The Balaban J connectivity index is 1.52. The Kier molecular flexibility index (Phi) is 3.09. The molecule has 0 radical (unpaired) electrons. The van der Waals surface area contributed by atoms with E-state index in [1.807, 2.05) is 11.8 Å². The molecule has 23 heavy (non-hydrogen) atoms. The van der Waals surface area contributed by atoms with Crippen LogP contribution in [0.3, 0.4) is 0 Å². The first-order valence-electron chi connectivity index (χ1n) is 7.80. The van der Waals surface area contributed by atoms with Crippen molar-refractivity contribution in [1.82, 2.24) is 19.9 Å². The number of aromatic nitrogens is 2. The van der Waals surface area contributed by atoms with Gasteiger partial charge in [-0.05, 0) is 20.9 Å². The summed E-state index contributed by atoms with van der Waals surface area (Å²) < 4.78 is 10.8. The van der Waals surface area contributed by atoms with Gasteiger partial charge >= 0.3 is 0 Å². The summed E-state index contributed by atoms with van der Waals surface area (Å²) in [5.74, 6) is 2.43. The highest BCUT2D eigenvalue weighted by molar-refractivity contribution is 5.93. The average molecular weight is 316 g/mol. The van der Waals surface area contributed by atoms with Crippen molar-refractivity contribution in [3.05, 3.63) is 35.4 Å². The van der Waals surface area contributed by atoms with Gasteiger partial charge < -0.3 is 18.7 Å². The highest BCUT2D eigenvalue weighted by Gasteiger charge is 2.57. The number of oxazole rings is 1. The number of aryl methyl sites for hydroxylation is 2. The second-order valence-electron chi connectivity index (χ2n) is 6.90. The van der Waals surface area contributed by atoms with E-state index in [-0.39, 0.29) is 17.2 Å². The zero-order valence-corrected chi connectivity index (χ0v) is 13.6. The third kappa shape index (κ3) is 2.26. The Morgan fingerprint density at radius 2 is 2.09 bits per heavy atom. The standard InChI is InChI=1S/C16H20N4O3/c1-10-4-13(18-23-10)15(21)20-8-16(9-20)7-19(3)6-12(16)14-17-5-11(2)22-14/h4-5,12H,6-9H2,1-3H3. The lowest BCUT2D eigenvalue weighted by Crippen LogP contribution is -2.61. The minimum absolute atomic E-state index is 0.0283. The summed E-state index contributed by atoms with van der Waals surface area (Å²) in [6.45, 7) is 6.95. The molecule has 122 valence electrons. The smallest absolute Gasteiger partial charge is 0.276 e. The van der Waals surface area contributed by atoms with Gasteiger partial charge in [0.05, 0.1) is 12.1 Å². The Hall–Kier alpha value is -2.15. The topological polar surface area (TPSA) is 75.6 Å². The first kappa shape index (κ1) is 14.4. The van der Waals surface area contributed by atoms with Crippen LogP contribution in [0, 0.1) is 19.3 Å². The van der Waals surface area contributed by atoms with Crippen molar-refractivity contribution in [2.24, 2.45) is 5.41 Å². The number of hydrogen-bond acceptors (Lipinski definition) is 6. The molecule has 2 saturated heterocycles. The second-order valence-corrected chi connectivity index (χ2v) is 6.90. The predicted octanol–water partition coefficient (Wildman–Crippen LogP) is 1.45. The largest absolute Gasteiger partial charge is 0.446 e. The van der Waals surface area contributed by atoms with E-state index in [0.717, 1.165) is 24.7 Å². The lowest BCUT2D eigenvalue weighted by molar-refractivity contribution is -0.000189. The van der Waals surface area contributed by atoms with Crippen molar-refractivity contribution in [3.63, 3.8) is 0 Å². The van der Waals surface area contributed by atoms with Crippen molar-refractivity contribution < 1.29 is 13.7 Å². The summed E-state index contributed by atoms with van der Waals surface area (Å²) in [4.78, 5) is 21.0. The maximum absolute atomic E-state index is 12.5. The van der Waals surface area contributed by atoms with E-state index in [2.05, 4.69) is 22.1 Å². The van der Waals surface area contributed by atoms with Crippen LogP contribution in [0.2, 0.25) is 0 Å². The number of carbonyl (C=O) groups excluding carboxylic acids is 1. The maximum atomic E-state index is 12.5. The molecule has 2 aromatic heterocycles. The molecule has 1 amide bonds. The van der Waals surface area contributed by atoms with Gasteiger partial charge in [-0.25, -0.2) is 4.98 Å². The molecular formula is C16H20N4O3. The van der Waals surface area contributed by atoms with E-state index in [4.69, 9.17) is 8.94 Å². The number of amides is 1. The summed E-state index contributed by atoms with van der Waals surface area (Å²) in [6, 6.07) is 1.68. The van der Waals surface area contributed by atoms with Crippen LogP contribution in [0.1, 0.15) is 33.8 Å². The number of rotatable bonds is 2. The van der Waals surface area contributed by atoms with Crippen LogP contribution >= 0.6 is 0 Å². The summed E-state index contributed by atoms with van der Waals surface area (Å²) in [7, 11) is 2.10. The molecule has 1 unspecified atom stereocenters. The van der Waals surface area contributed by atoms with E-state index < -0.39 is 0 Å². The van der Waals surface area contributed by atoms with Crippen molar-refractivity contribution >= 4 is 5.91 Å². The van der Waals surface area contributed by atoms with Gasteiger partial charge in [-0.3, -0.25) is 4.79 Å². The van der Waals surface area contributed by atoms with Gasteiger partial charge in [0, 0.05) is 37.7 Å². The third-order valence-corrected chi connectivity index (χ3v) is 4.90. The summed E-state index contributed by atoms with van der Waals surface area (Å²) in [5.41, 5.74) is 0.410. The summed E-state index contributed by atoms with van der Waals surface area (Å²) in [5, 5.41) is 3.82. The Bertz CT molecular complexity index is 744. The molecule has 2 aliphatic heterocycles. The van der Waals surface area contributed by atoms with Gasteiger partial charge in [0.25, 0.3) is 5.91 Å². The van der Waals surface area contributed by atoms with Gasteiger partial charge in [-0.2, -0.15) is 0 Å². The lowest BCUT2D eigenvalue weighted by Gasteiger charge is -2.50. The van der Waals surface area contributed by atoms with Gasteiger partial charge in [-0.1, -0.05) is 5.16 Å². The lowest BCUT2D eigenvalue weighted by atomic mass is 9.71. The molecule has 2 aliphatic rings. The highest BCUT2D eigenvalue weighted by atomic mass is 16.5. The third-order valence-electron chi connectivity index (χ3n) is 4.90. The second kappa shape index (κ2) is 4.92. The fourth-order valence-corrected chi connectivity index (χ4v) is 3.90. The van der Waals surface area contributed by atoms with Crippen LogP contribution < -0.4 is 0 Å². The molecular weight excluding hydrogens is 296 g/mol. The molecule has 0 bridgehead atoms. The number of likely N-dealkylation sites (tertiary alicyclic amines) is 2. The van der Waals surface area contributed by atoms with Crippen molar-refractivity contribution in [2.45, 2.75) is 19.8 Å². The molecule has 7 nitrogen and oxygen atoms in total. The van der Waals surface area contributed by atoms with Gasteiger partial charge in [0.15, 0.2) is 11.6 Å². The van der Waals surface area contributed by atoms with Gasteiger partial charge in [-0.15, -0.1) is 0 Å².